The minimum Gasteiger partial charge on any atom is -0.354 e. The number of aromatic amines is 1. The maximum Gasteiger partial charge on any atom is 0.293 e. The number of benzene rings is 2. The molecule has 174 valence electrons. The predicted octanol–water partition coefficient (Wildman–Crippen LogP) is 4.16. The minimum absolute atomic E-state index is 0.113. The highest BCUT2D eigenvalue weighted by Crippen LogP contribution is 2.31. The molecular weight excluding hydrogens is 470 g/mol. The number of hydrogen-bond acceptors (Lipinski definition) is 6. The first-order valence-corrected chi connectivity index (χ1v) is 11.9. The van der Waals surface area contributed by atoms with E-state index in [1.165, 1.54) is 0 Å². The van der Waals surface area contributed by atoms with E-state index in [4.69, 9.17) is 12.2 Å². The van der Waals surface area contributed by atoms with Crippen molar-refractivity contribution < 1.29 is 14.4 Å². The highest BCUT2D eigenvalue weighted by atomic mass is 32.2. The van der Waals surface area contributed by atoms with Gasteiger partial charge in [-0.15, -0.1) is 0 Å². The maximum absolute atomic E-state index is 12.6. The number of nitrogens with one attached hydrogen (secondary N) is 2. The predicted molar refractivity (Wildman–Crippen MR) is 134 cm³/mol. The van der Waals surface area contributed by atoms with Crippen LogP contribution in [-0.4, -0.2) is 49.8 Å². The Hall–Kier alpha value is -3.50. The van der Waals surface area contributed by atoms with E-state index in [0.29, 0.717) is 22.0 Å². The standard InChI is InChI=1S/C24H23N5O3S2/c1-16-6-5-9-18(14-16)21-26-27-23(33)28(21)12-10-20(30)25-11-13-29-22(31)19(34-24(29)32)15-17-7-3-2-4-8-17/h2-9,14-15H,10-13H2,1H3,(H,25,30)(H,27,33)/b19-15-. The van der Waals surface area contributed by atoms with Crippen LogP contribution in [-0.2, 0) is 16.1 Å². The van der Waals surface area contributed by atoms with Crippen molar-refractivity contribution >= 4 is 47.1 Å². The summed E-state index contributed by atoms with van der Waals surface area (Å²) in [4.78, 5) is 38.8. The topological polar surface area (TPSA) is 100 Å². The smallest absolute Gasteiger partial charge is 0.293 e. The van der Waals surface area contributed by atoms with Crippen LogP contribution >= 0.6 is 24.0 Å². The molecule has 10 heteroatoms. The number of imide groups is 1. The molecule has 1 aliphatic rings. The quantitative estimate of drug-likeness (QED) is 0.361. The summed E-state index contributed by atoms with van der Waals surface area (Å²) in [6.07, 6.45) is 1.88. The molecule has 0 spiro atoms. The lowest BCUT2D eigenvalue weighted by molar-refractivity contribution is -0.124. The van der Waals surface area contributed by atoms with Gasteiger partial charge in [0.05, 0.1) is 4.91 Å². The fourth-order valence-corrected chi connectivity index (χ4v) is 4.62. The summed E-state index contributed by atoms with van der Waals surface area (Å²) in [5.41, 5.74) is 2.86. The molecule has 1 fully saturated rings. The maximum atomic E-state index is 12.6. The third kappa shape index (κ3) is 5.52. The van der Waals surface area contributed by atoms with Gasteiger partial charge in [0.1, 0.15) is 0 Å². The van der Waals surface area contributed by atoms with Gasteiger partial charge in [-0.05, 0) is 48.6 Å². The van der Waals surface area contributed by atoms with Crippen molar-refractivity contribution in [3.8, 4) is 11.4 Å². The number of H-pyrrole nitrogens is 1. The van der Waals surface area contributed by atoms with Crippen molar-refractivity contribution in [1.82, 2.24) is 25.0 Å². The van der Waals surface area contributed by atoms with Crippen molar-refractivity contribution in [3.05, 3.63) is 75.4 Å². The SMILES string of the molecule is Cc1cccc(-c2n[nH]c(=S)n2CCC(=O)NCCN2C(=O)S/C(=C\c3ccccc3)C2=O)c1. The van der Waals surface area contributed by atoms with Crippen LogP contribution in [0, 0.1) is 11.7 Å². The highest BCUT2D eigenvalue weighted by Gasteiger charge is 2.34. The van der Waals surface area contributed by atoms with Crippen LogP contribution in [0.2, 0.25) is 0 Å². The Morgan fingerprint density at radius 2 is 1.94 bits per heavy atom. The Morgan fingerprint density at radius 1 is 1.15 bits per heavy atom. The largest absolute Gasteiger partial charge is 0.354 e. The summed E-state index contributed by atoms with van der Waals surface area (Å²) in [5.74, 6) is 0.121. The first-order valence-electron chi connectivity index (χ1n) is 10.7. The summed E-state index contributed by atoms with van der Waals surface area (Å²) in [6.45, 7) is 2.64. The lowest BCUT2D eigenvalue weighted by Crippen LogP contribution is -2.37. The molecule has 0 bridgehead atoms. The first-order chi connectivity index (χ1) is 16.4. The molecule has 4 rings (SSSR count). The highest BCUT2D eigenvalue weighted by molar-refractivity contribution is 8.18. The summed E-state index contributed by atoms with van der Waals surface area (Å²) >= 11 is 6.23. The molecular formula is C24H23N5O3S2. The molecule has 3 amide bonds. The number of carbonyl (C=O) groups excluding carboxylic acids is 3. The van der Waals surface area contributed by atoms with Crippen molar-refractivity contribution in [1.29, 1.82) is 0 Å². The molecule has 2 N–H and O–H groups in total. The molecule has 0 atom stereocenters. The van der Waals surface area contributed by atoms with Gasteiger partial charge >= 0.3 is 0 Å². The zero-order valence-corrected chi connectivity index (χ0v) is 20.1. The van der Waals surface area contributed by atoms with Crippen molar-refractivity contribution in [2.24, 2.45) is 0 Å². The number of nitrogens with zero attached hydrogens (tertiary/aromatic N) is 3. The molecule has 3 aromatic rings. The Balaban J connectivity index is 1.30. The first kappa shape index (κ1) is 23.7. The molecule has 0 radical (unpaired) electrons. The number of aryl methyl sites for hydroxylation is 1. The molecule has 1 saturated heterocycles. The molecule has 0 aliphatic carbocycles. The molecule has 2 heterocycles. The van der Waals surface area contributed by atoms with E-state index < -0.39 is 0 Å². The Morgan fingerprint density at radius 3 is 2.71 bits per heavy atom. The third-order valence-corrected chi connectivity index (χ3v) is 6.44. The van der Waals surface area contributed by atoms with Gasteiger partial charge in [0, 0.05) is 31.6 Å². The summed E-state index contributed by atoms with van der Waals surface area (Å²) in [5, 5.41) is 9.52. The Bertz CT molecular complexity index is 1310. The van der Waals surface area contributed by atoms with Gasteiger partial charge in [-0.3, -0.25) is 28.9 Å². The number of rotatable bonds is 8. The lowest BCUT2D eigenvalue weighted by Gasteiger charge is -2.13. The van der Waals surface area contributed by atoms with Crippen LogP contribution < -0.4 is 5.32 Å². The number of hydrogen-bond donors (Lipinski definition) is 2. The van der Waals surface area contributed by atoms with E-state index in [9.17, 15) is 14.4 Å². The second-order valence-electron chi connectivity index (χ2n) is 7.72. The summed E-state index contributed by atoms with van der Waals surface area (Å²) in [6, 6.07) is 17.2. The van der Waals surface area contributed by atoms with Crippen LogP contribution in [0.25, 0.3) is 17.5 Å². The average molecular weight is 494 g/mol. The molecule has 8 nitrogen and oxygen atoms in total. The molecule has 1 aromatic heterocycles. The number of aromatic nitrogens is 3. The van der Waals surface area contributed by atoms with E-state index >= 15 is 0 Å². The summed E-state index contributed by atoms with van der Waals surface area (Å²) < 4.78 is 2.22. The van der Waals surface area contributed by atoms with E-state index in [1.54, 1.807) is 10.6 Å². The minimum atomic E-state index is -0.347. The second-order valence-corrected chi connectivity index (χ2v) is 9.10. The van der Waals surface area contributed by atoms with Gasteiger partial charge in [-0.25, -0.2) is 0 Å². The number of carbonyl (C=O) groups is 3. The van der Waals surface area contributed by atoms with Gasteiger partial charge < -0.3 is 5.32 Å². The zero-order valence-electron chi connectivity index (χ0n) is 18.5. The van der Waals surface area contributed by atoms with Crippen LogP contribution in [0.1, 0.15) is 17.5 Å². The lowest BCUT2D eigenvalue weighted by atomic mass is 10.1. The fourth-order valence-electron chi connectivity index (χ4n) is 3.53. The van der Waals surface area contributed by atoms with Crippen LogP contribution in [0.4, 0.5) is 4.79 Å². The van der Waals surface area contributed by atoms with Crippen molar-refractivity contribution in [3.63, 3.8) is 0 Å². The van der Waals surface area contributed by atoms with Crippen LogP contribution in [0.15, 0.2) is 59.5 Å². The fraction of sp³-hybridized carbons (Fsp3) is 0.208. The molecule has 0 unspecified atom stereocenters. The van der Waals surface area contributed by atoms with E-state index in [0.717, 1.165) is 33.4 Å². The molecule has 2 aromatic carbocycles. The van der Waals surface area contributed by atoms with Gasteiger partial charge in [-0.1, -0.05) is 54.1 Å². The normalized spacial score (nSPS) is 14.7. The molecule has 0 saturated carbocycles. The van der Waals surface area contributed by atoms with Crippen molar-refractivity contribution in [2.45, 2.75) is 19.9 Å². The second kappa shape index (κ2) is 10.6. The van der Waals surface area contributed by atoms with Crippen LogP contribution in [0.5, 0.6) is 0 Å². The zero-order chi connectivity index (χ0) is 24.1. The Kier molecular flexibility index (Phi) is 7.39. The van der Waals surface area contributed by atoms with Gasteiger partial charge in [0.15, 0.2) is 10.6 Å². The van der Waals surface area contributed by atoms with Gasteiger partial charge in [0.25, 0.3) is 11.1 Å². The van der Waals surface area contributed by atoms with Gasteiger partial charge in [-0.2, -0.15) is 5.10 Å². The molecule has 1 aliphatic heterocycles. The number of amides is 3. The van der Waals surface area contributed by atoms with Crippen molar-refractivity contribution in [2.75, 3.05) is 13.1 Å². The van der Waals surface area contributed by atoms with E-state index in [-0.39, 0.29) is 36.6 Å². The number of thioether (sulfide) groups is 1. The summed E-state index contributed by atoms with van der Waals surface area (Å²) in [7, 11) is 0. The Labute approximate surface area is 206 Å². The third-order valence-electron chi connectivity index (χ3n) is 5.23. The van der Waals surface area contributed by atoms with E-state index in [2.05, 4.69) is 15.5 Å². The molecule has 34 heavy (non-hydrogen) atoms. The monoisotopic (exact) mass is 493 g/mol. The van der Waals surface area contributed by atoms with Gasteiger partial charge in [0.2, 0.25) is 5.91 Å². The average Bonchev–Trinajstić information content (AvgIpc) is 3.32. The van der Waals surface area contributed by atoms with E-state index in [1.807, 2.05) is 61.5 Å². The van der Waals surface area contributed by atoms with Crippen LogP contribution in [0.3, 0.4) is 0 Å².